The first kappa shape index (κ1) is 13.5. The summed E-state index contributed by atoms with van der Waals surface area (Å²) in [4.78, 5) is 15.8. The zero-order valence-corrected chi connectivity index (χ0v) is 11.4. The Morgan fingerprint density at radius 1 is 1.32 bits per heavy atom. The van der Waals surface area contributed by atoms with Gasteiger partial charge in [-0.05, 0) is 12.1 Å². The predicted molar refractivity (Wildman–Crippen MR) is 73.2 cm³/mol. The molecule has 0 aliphatic heterocycles. The minimum absolute atomic E-state index is 0.00740. The van der Waals surface area contributed by atoms with Crippen LogP contribution in [0.5, 0.6) is 11.5 Å². The minimum atomic E-state index is -0.851. The van der Waals surface area contributed by atoms with E-state index in [9.17, 15) is 4.79 Å². The third-order valence-electron chi connectivity index (χ3n) is 2.56. The van der Waals surface area contributed by atoms with E-state index in [-0.39, 0.29) is 5.75 Å². The van der Waals surface area contributed by atoms with Crippen molar-refractivity contribution in [3.8, 4) is 11.5 Å². The lowest BCUT2D eigenvalue weighted by Crippen LogP contribution is -1.98. The number of nitrogens with zero attached hydrogens (tertiary/aromatic N) is 1. The van der Waals surface area contributed by atoms with Crippen molar-refractivity contribution in [3.05, 3.63) is 24.4 Å². The number of aromatic nitrogens is 1. The van der Waals surface area contributed by atoms with Crippen LogP contribution in [0.1, 0.15) is 0 Å². The molecule has 0 radical (unpaired) electrons. The second-order valence-corrected chi connectivity index (χ2v) is 4.73. The fourth-order valence-corrected chi connectivity index (χ4v) is 2.47. The predicted octanol–water partition coefficient (Wildman–Crippen LogP) is 2.43. The monoisotopic (exact) mass is 279 g/mol. The number of rotatable bonds is 5. The van der Waals surface area contributed by atoms with Crippen molar-refractivity contribution in [3.63, 3.8) is 0 Å². The van der Waals surface area contributed by atoms with Crippen molar-refractivity contribution in [2.75, 3.05) is 20.0 Å². The van der Waals surface area contributed by atoms with Crippen LogP contribution in [0, 0.1) is 0 Å². The Kier molecular flexibility index (Phi) is 4.11. The molecule has 1 heterocycles. The fourth-order valence-electron chi connectivity index (χ4n) is 1.71. The van der Waals surface area contributed by atoms with Crippen LogP contribution >= 0.6 is 11.8 Å². The van der Waals surface area contributed by atoms with E-state index < -0.39 is 5.97 Å². The first-order chi connectivity index (χ1) is 9.15. The summed E-state index contributed by atoms with van der Waals surface area (Å²) >= 11 is 1.25. The third kappa shape index (κ3) is 2.90. The van der Waals surface area contributed by atoms with E-state index in [1.54, 1.807) is 32.5 Å². The minimum Gasteiger partial charge on any atom is -0.493 e. The molecule has 0 spiro atoms. The van der Waals surface area contributed by atoms with Crippen LogP contribution in [-0.2, 0) is 4.79 Å². The lowest BCUT2D eigenvalue weighted by Gasteiger charge is -2.10. The van der Waals surface area contributed by atoms with Crippen molar-refractivity contribution in [2.45, 2.75) is 4.90 Å². The Hall–Kier alpha value is -1.95. The van der Waals surface area contributed by atoms with Crippen molar-refractivity contribution < 1.29 is 19.4 Å². The number of fused-ring (bicyclic) bond motifs is 1. The molecule has 0 aliphatic rings. The van der Waals surface area contributed by atoms with E-state index in [1.165, 1.54) is 11.8 Å². The Labute approximate surface area is 114 Å². The highest BCUT2D eigenvalue weighted by Gasteiger charge is 2.10. The molecule has 0 aliphatic carbocycles. The lowest BCUT2D eigenvalue weighted by atomic mass is 10.2. The second kappa shape index (κ2) is 5.79. The van der Waals surface area contributed by atoms with E-state index in [0.717, 1.165) is 15.8 Å². The van der Waals surface area contributed by atoms with Gasteiger partial charge in [-0.15, -0.1) is 11.8 Å². The molecule has 0 amide bonds. The number of carboxylic acids is 1. The molecule has 19 heavy (non-hydrogen) atoms. The van der Waals surface area contributed by atoms with Crippen LogP contribution in [0.25, 0.3) is 10.9 Å². The number of ether oxygens (including phenoxy) is 2. The summed E-state index contributed by atoms with van der Waals surface area (Å²) in [5.41, 5.74) is 0.744. The largest absolute Gasteiger partial charge is 0.493 e. The molecule has 1 aromatic carbocycles. The summed E-state index contributed by atoms with van der Waals surface area (Å²) in [5, 5.41) is 9.60. The zero-order chi connectivity index (χ0) is 13.8. The highest BCUT2D eigenvalue weighted by atomic mass is 32.2. The van der Waals surface area contributed by atoms with E-state index in [2.05, 4.69) is 4.98 Å². The molecular formula is C13H13NO4S. The molecule has 2 aromatic rings. The molecule has 0 fully saturated rings. The quantitative estimate of drug-likeness (QED) is 0.848. The van der Waals surface area contributed by atoms with Crippen molar-refractivity contribution >= 4 is 28.6 Å². The van der Waals surface area contributed by atoms with Crippen molar-refractivity contribution in [2.24, 2.45) is 0 Å². The van der Waals surface area contributed by atoms with Crippen LogP contribution in [0.3, 0.4) is 0 Å². The first-order valence-corrected chi connectivity index (χ1v) is 6.49. The maximum absolute atomic E-state index is 10.7. The van der Waals surface area contributed by atoms with Gasteiger partial charge in [0.2, 0.25) is 0 Å². The molecule has 100 valence electrons. The number of thioether (sulfide) groups is 1. The van der Waals surface area contributed by atoms with Crippen LogP contribution in [0.2, 0.25) is 0 Å². The van der Waals surface area contributed by atoms with Gasteiger partial charge < -0.3 is 14.6 Å². The van der Waals surface area contributed by atoms with Gasteiger partial charge in [-0.3, -0.25) is 9.78 Å². The Morgan fingerprint density at radius 2 is 2.00 bits per heavy atom. The average Bonchev–Trinajstić information content (AvgIpc) is 2.43. The summed E-state index contributed by atoms with van der Waals surface area (Å²) in [5.74, 6) is 0.353. The van der Waals surface area contributed by atoms with Gasteiger partial charge in [-0.1, -0.05) is 0 Å². The lowest BCUT2D eigenvalue weighted by molar-refractivity contribution is -0.133. The maximum Gasteiger partial charge on any atom is 0.313 e. The molecule has 0 atom stereocenters. The highest BCUT2D eigenvalue weighted by molar-refractivity contribution is 8.00. The van der Waals surface area contributed by atoms with Crippen molar-refractivity contribution in [1.82, 2.24) is 4.98 Å². The first-order valence-electron chi connectivity index (χ1n) is 5.51. The van der Waals surface area contributed by atoms with E-state index in [4.69, 9.17) is 14.6 Å². The van der Waals surface area contributed by atoms with Gasteiger partial charge in [-0.2, -0.15) is 0 Å². The molecule has 1 N–H and O–H groups in total. The number of hydrogen-bond acceptors (Lipinski definition) is 5. The van der Waals surface area contributed by atoms with E-state index in [0.29, 0.717) is 11.5 Å². The molecule has 6 heteroatoms. The standard InChI is InChI=1S/C13H13NO4S/c1-17-10-5-8-9(6-11(10)18-2)14-4-3-12(8)19-7-13(15)16/h3-6H,7H2,1-2H3,(H,15,16). The Balaban J connectivity index is 2.51. The third-order valence-corrected chi connectivity index (χ3v) is 3.62. The van der Waals surface area contributed by atoms with E-state index in [1.807, 2.05) is 6.07 Å². The summed E-state index contributed by atoms with van der Waals surface area (Å²) in [6, 6.07) is 5.38. The number of hydrogen-bond donors (Lipinski definition) is 1. The van der Waals surface area contributed by atoms with Crippen LogP contribution in [0.4, 0.5) is 0 Å². The van der Waals surface area contributed by atoms with Crippen LogP contribution < -0.4 is 9.47 Å². The van der Waals surface area contributed by atoms with Gasteiger partial charge >= 0.3 is 5.97 Å². The molecule has 1 aromatic heterocycles. The smallest absolute Gasteiger partial charge is 0.313 e. The molecule has 2 rings (SSSR count). The number of aliphatic carboxylic acids is 1. The fraction of sp³-hybridized carbons (Fsp3) is 0.231. The molecule has 0 saturated carbocycles. The van der Waals surface area contributed by atoms with Gasteiger partial charge in [0, 0.05) is 22.5 Å². The van der Waals surface area contributed by atoms with Crippen LogP contribution in [0.15, 0.2) is 29.3 Å². The number of carboxylic acid groups (broad SMARTS) is 1. The Morgan fingerprint density at radius 3 is 2.63 bits per heavy atom. The second-order valence-electron chi connectivity index (χ2n) is 3.72. The van der Waals surface area contributed by atoms with Gasteiger partial charge in [0.1, 0.15) is 0 Å². The number of carbonyl (C=O) groups is 1. The summed E-state index contributed by atoms with van der Waals surface area (Å²) < 4.78 is 10.5. The maximum atomic E-state index is 10.7. The normalized spacial score (nSPS) is 10.4. The highest BCUT2D eigenvalue weighted by Crippen LogP contribution is 2.35. The van der Waals surface area contributed by atoms with Gasteiger partial charge in [0.25, 0.3) is 0 Å². The molecule has 0 saturated heterocycles. The van der Waals surface area contributed by atoms with Gasteiger partial charge in [0.05, 0.1) is 25.5 Å². The SMILES string of the molecule is COc1cc2nccc(SCC(=O)O)c2cc1OC. The van der Waals surface area contributed by atoms with Gasteiger partial charge in [0.15, 0.2) is 11.5 Å². The van der Waals surface area contributed by atoms with Crippen LogP contribution in [-0.4, -0.2) is 36.0 Å². The summed E-state index contributed by atoms with van der Waals surface area (Å²) in [6.07, 6.45) is 1.65. The summed E-state index contributed by atoms with van der Waals surface area (Å²) in [7, 11) is 3.12. The number of benzene rings is 1. The average molecular weight is 279 g/mol. The topological polar surface area (TPSA) is 68.7 Å². The number of pyridine rings is 1. The molecule has 5 nitrogen and oxygen atoms in total. The van der Waals surface area contributed by atoms with E-state index >= 15 is 0 Å². The van der Waals surface area contributed by atoms with Gasteiger partial charge in [-0.25, -0.2) is 0 Å². The summed E-state index contributed by atoms with van der Waals surface area (Å²) in [6.45, 7) is 0. The molecule has 0 unspecified atom stereocenters. The Bertz CT molecular complexity index is 615. The van der Waals surface area contributed by atoms with Crippen molar-refractivity contribution in [1.29, 1.82) is 0 Å². The molecule has 0 bridgehead atoms. The molecular weight excluding hydrogens is 266 g/mol. The zero-order valence-electron chi connectivity index (χ0n) is 10.5. The number of methoxy groups -OCH3 is 2.